The zero-order valence-electron chi connectivity index (χ0n) is 20.1. The van der Waals surface area contributed by atoms with E-state index in [0.29, 0.717) is 14.5 Å². The fourth-order valence-electron chi connectivity index (χ4n) is 5.72. The molecule has 6 rings (SSSR count). The fourth-order valence-corrected chi connectivity index (χ4v) is 8.39. The molecule has 4 heteroatoms. The maximum atomic E-state index is 2.69. The quantitative estimate of drug-likeness (QED) is 0.228. The van der Waals surface area contributed by atoms with E-state index in [0.717, 1.165) is 0 Å². The van der Waals surface area contributed by atoms with Gasteiger partial charge >= 0.3 is 203 Å². The molecule has 168 valence electrons. The number of aryl methyl sites for hydroxylation is 2. The van der Waals surface area contributed by atoms with E-state index in [1.54, 1.807) is 21.1 Å². The Morgan fingerprint density at radius 1 is 0.939 bits per heavy atom. The molecule has 3 aliphatic heterocycles. The number of nitrogens with zero attached hydrogens (tertiary/aromatic N) is 3. The van der Waals surface area contributed by atoms with Gasteiger partial charge in [-0.15, -0.1) is 0 Å². The van der Waals surface area contributed by atoms with Crippen molar-refractivity contribution in [1.82, 2.24) is 4.58 Å². The van der Waals surface area contributed by atoms with Gasteiger partial charge < -0.3 is 0 Å². The van der Waals surface area contributed by atoms with Gasteiger partial charge in [-0.2, -0.15) is 0 Å². The molecular formula is C29H32N3Se+. The fraction of sp³-hybridized carbons (Fsp3) is 0.345. The number of hydrogen-bond acceptors (Lipinski definition) is 2. The molecule has 0 N–H and O–H groups in total. The van der Waals surface area contributed by atoms with Gasteiger partial charge in [-0.25, -0.2) is 0 Å². The third-order valence-electron chi connectivity index (χ3n) is 7.36. The second kappa shape index (κ2) is 8.04. The summed E-state index contributed by atoms with van der Waals surface area (Å²) >= 11 is 0.324. The molecule has 2 aromatic rings. The first kappa shape index (κ1) is 21.0. The Labute approximate surface area is 202 Å². The van der Waals surface area contributed by atoms with Gasteiger partial charge in [-0.1, -0.05) is 0 Å². The Morgan fingerprint density at radius 3 is 2.55 bits per heavy atom. The van der Waals surface area contributed by atoms with Crippen LogP contribution in [-0.4, -0.2) is 55.8 Å². The van der Waals surface area contributed by atoms with Crippen LogP contribution in [0, 0.1) is 0 Å². The first-order chi connectivity index (χ1) is 16.0. The van der Waals surface area contributed by atoms with Crippen LogP contribution in [-0.2, 0) is 12.8 Å². The van der Waals surface area contributed by atoms with Crippen molar-refractivity contribution >= 4 is 35.5 Å². The van der Waals surface area contributed by atoms with Gasteiger partial charge in [0, 0.05) is 0 Å². The van der Waals surface area contributed by atoms with Crippen molar-refractivity contribution in [2.75, 3.05) is 51.1 Å². The Hall–Kier alpha value is -2.55. The summed E-state index contributed by atoms with van der Waals surface area (Å²) in [5, 5.41) is 2.81. The van der Waals surface area contributed by atoms with E-state index in [1.807, 2.05) is 0 Å². The van der Waals surface area contributed by atoms with Crippen molar-refractivity contribution in [2.24, 2.45) is 0 Å². The average Bonchev–Trinajstić information content (AvgIpc) is 2.83. The molecule has 3 nitrogen and oxygen atoms in total. The summed E-state index contributed by atoms with van der Waals surface area (Å²) < 4.78 is 5.40. The first-order valence-corrected chi connectivity index (χ1v) is 13.8. The van der Waals surface area contributed by atoms with Gasteiger partial charge in [0.05, 0.1) is 0 Å². The number of rotatable bonds is 2. The van der Waals surface area contributed by atoms with Crippen LogP contribution < -0.4 is 19.7 Å². The number of anilines is 2. The summed E-state index contributed by atoms with van der Waals surface area (Å²) in [6.07, 6.45) is 5.02. The van der Waals surface area contributed by atoms with E-state index in [-0.39, 0.29) is 0 Å². The van der Waals surface area contributed by atoms with Gasteiger partial charge in [0.1, 0.15) is 0 Å². The monoisotopic (exact) mass is 502 g/mol. The van der Waals surface area contributed by atoms with Crippen molar-refractivity contribution in [1.29, 1.82) is 0 Å². The zero-order valence-corrected chi connectivity index (χ0v) is 21.8. The van der Waals surface area contributed by atoms with Gasteiger partial charge in [0.15, 0.2) is 0 Å². The van der Waals surface area contributed by atoms with Crippen molar-refractivity contribution in [3.8, 4) is 21.1 Å². The van der Waals surface area contributed by atoms with Crippen LogP contribution in [0.1, 0.15) is 24.0 Å². The third kappa shape index (κ3) is 3.43. The molecule has 33 heavy (non-hydrogen) atoms. The second-order valence-corrected chi connectivity index (χ2v) is 12.1. The number of benzene rings is 3. The summed E-state index contributed by atoms with van der Waals surface area (Å²) in [4.78, 5) is 4.90. The molecule has 0 spiro atoms. The zero-order chi connectivity index (χ0) is 22.7. The second-order valence-electron chi connectivity index (χ2n) is 9.93. The summed E-state index contributed by atoms with van der Waals surface area (Å²) in [5.41, 5.74) is 10.3. The minimum atomic E-state index is 0.324. The van der Waals surface area contributed by atoms with E-state index in [1.165, 1.54) is 76.3 Å². The van der Waals surface area contributed by atoms with Crippen molar-refractivity contribution < 1.29 is 0 Å². The SMILES string of the molecule is CN(C)c1cccc(-c2c3ccc(=[N+](C)C)cc-3[se]c3c4c5c(cc23)CCCN5CCC4)c1. The van der Waals surface area contributed by atoms with Crippen LogP contribution in [0.3, 0.4) is 0 Å². The maximum absolute atomic E-state index is 2.69. The molecule has 0 bridgehead atoms. The van der Waals surface area contributed by atoms with Crippen LogP contribution in [0.5, 0.6) is 0 Å². The molecule has 0 saturated heterocycles. The molecular weight excluding hydrogens is 469 g/mol. The Balaban J connectivity index is 1.77. The molecule has 0 amide bonds. The van der Waals surface area contributed by atoms with E-state index < -0.39 is 0 Å². The first-order valence-electron chi connectivity index (χ1n) is 12.1. The Kier molecular flexibility index (Phi) is 5.12. The van der Waals surface area contributed by atoms with Gasteiger partial charge in [0.2, 0.25) is 0 Å². The number of hydrogen-bond donors (Lipinski definition) is 0. The van der Waals surface area contributed by atoms with Gasteiger partial charge in [0.25, 0.3) is 0 Å². The molecule has 1 aliphatic carbocycles. The van der Waals surface area contributed by atoms with E-state index in [9.17, 15) is 0 Å². The molecule has 2 aromatic carbocycles. The van der Waals surface area contributed by atoms with Crippen LogP contribution in [0.25, 0.3) is 30.8 Å². The molecule has 3 heterocycles. The van der Waals surface area contributed by atoms with E-state index >= 15 is 0 Å². The molecule has 0 atom stereocenters. The summed E-state index contributed by atoms with van der Waals surface area (Å²) in [6, 6.07) is 18.8. The predicted molar refractivity (Wildman–Crippen MR) is 143 cm³/mol. The van der Waals surface area contributed by atoms with E-state index in [4.69, 9.17) is 0 Å². The molecule has 4 aliphatic rings. The predicted octanol–water partition coefficient (Wildman–Crippen LogP) is 4.47. The molecule has 0 saturated carbocycles. The minimum absolute atomic E-state index is 0.324. The summed E-state index contributed by atoms with van der Waals surface area (Å²) in [7, 11) is 8.56. The van der Waals surface area contributed by atoms with Crippen LogP contribution in [0.2, 0.25) is 0 Å². The van der Waals surface area contributed by atoms with Crippen molar-refractivity contribution in [2.45, 2.75) is 25.7 Å². The third-order valence-corrected chi connectivity index (χ3v) is 9.93. The van der Waals surface area contributed by atoms with Crippen molar-refractivity contribution in [3.05, 3.63) is 65.0 Å². The Bertz CT molecular complexity index is 1420. The Morgan fingerprint density at radius 2 is 1.76 bits per heavy atom. The van der Waals surface area contributed by atoms with Crippen LogP contribution in [0.15, 0.2) is 48.5 Å². The standard InChI is InChI=1S/C29H32N3Se/c1-30(2)21-10-5-8-19(16-21)27-23-13-12-22(31(3)4)18-26(23)33-29-24-11-7-15-32-14-6-9-20(28(24)32)17-25(27)29/h5,8,10,12-13,16-18H,6-7,9,11,14-15H2,1-4H3/q+1. The molecule has 0 aromatic heterocycles. The number of fused-ring (bicyclic) bond motifs is 3. The molecule has 0 unspecified atom stereocenters. The summed E-state index contributed by atoms with van der Waals surface area (Å²) in [6.45, 7) is 2.46. The van der Waals surface area contributed by atoms with Crippen molar-refractivity contribution in [3.63, 3.8) is 0 Å². The molecule has 0 radical (unpaired) electrons. The topological polar surface area (TPSA) is 9.49 Å². The average molecular weight is 502 g/mol. The van der Waals surface area contributed by atoms with Crippen LogP contribution in [0.4, 0.5) is 11.4 Å². The van der Waals surface area contributed by atoms with Gasteiger partial charge in [-0.3, -0.25) is 0 Å². The van der Waals surface area contributed by atoms with Crippen LogP contribution >= 0.6 is 0 Å². The normalized spacial score (nSPS) is 15.1. The van der Waals surface area contributed by atoms with E-state index in [2.05, 4.69) is 91.1 Å². The van der Waals surface area contributed by atoms with Gasteiger partial charge in [-0.05, 0) is 0 Å². The molecule has 0 fully saturated rings. The summed E-state index contributed by atoms with van der Waals surface area (Å²) in [5.74, 6) is 0.